The molecule has 2 aromatic rings. The molecule has 0 aromatic carbocycles. The van der Waals surface area contributed by atoms with Crippen LogP contribution in [0.15, 0.2) is 30.9 Å². The fourth-order valence-corrected chi connectivity index (χ4v) is 2.11. The molecular formula is C16H16N2O5. The topological polar surface area (TPSA) is 79.7 Å². The number of hydrogen-bond acceptors (Lipinski definition) is 6. The van der Waals surface area contributed by atoms with E-state index in [0.717, 1.165) is 6.08 Å². The zero-order chi connectivity index (χ0) is 17.0. The first-order chi connectivity index (χ1) is 11.0. The molecule has 2 rings (SSSR count). The summed E-state index contributed by atoms with van der Waals surface area (Å²) in [5.74, 6) is -0.933. The highest BCUT2D eigenvalue weighted by atomic mass is 16.5. The Morgan fingerprint density at radius 1 is 1.22 bits per heavy atom. The van der Waals surface area contributed by atoms with Crippen LogP contribution in [0.4, 0.5) is 0 Å². The van der Waals surface area contributed by atoms with Crippen LogP contribution in [0.1, 0.15) is 5.69 Å². The second-order valence-corrected chi connectivity index (χ2v) is 4.41. The minimum atomic E-state index is -0.688. The molecule has 0 aliphatic heterocycles. The molecule has 0 N–H and O–H groups in total. The molecule has 7 heteroatoms. The van der Waals surface area contributed by atoms with Gasteiger partial charge in [0.15, 0.2) is 0 Å². The van der Waals surface area contributed by atoms with Gasteiger partial charge in [-0.05, 0) is 18.2 Å². The molecule has 0 spiro atoms. The van der Waals surface area contributed by atoms with Gasteiger partial charge in [0.25, 0.3) is 0 Å². The molecule has 2 aromatic heterocycles. The SMILES string of the molecule is C=Cc1cc2nc(OC)ccc2n1/C(=C\C(=O)OC)C(=O)OC. The van der Waals surface area contributed by atoms with Gasteiger partial charge < -0.3 is 18.8 Å². The van der Waals surface area contributed by atoms with Crippen molar-refractivity contribution in [2.24, 2.45) is 0 Å². The maximum Gasteiger partial charge on any atom is 0.355 e. The molecule has 0 aliphatic carbocycles. The summed E-state index contributed by atoms with van der Waals surface area (Å²) in [6, 6.07) is 5.10. The Balaban J connectivity index is 2.76. The lowest BCUT2D eigenvalue weighted by Crippen LogP contribution is -2.14. The molecule has 0 amide bonds. The summed E-state index contributed by atoms with van der Waals surface area (Å²) >= 11 is 0. The fraction of sp³-hybridized carbons (Fsp3) is 0.188. The Labute approximate surface area is 132 Å². The highest BCUT2D eigenvalue weighted by molar-refractivity contribution is 6.16. The summed E-state index contributed by atoms with van der Waals surface area (Å²) in [6.07, 6.45) is 2.60. The first-order valence-electron chi connectivity index (χ1n) is 6.63. The maximum atomic E-state index is 12.1. The van der Waals surface area contributed by atoms with E-state index in [1.165, 1.54) is 25.9 Å². The van der Waals surface area contributed by atoms with Crippen LogP contribution in [0.5, 0.6) is 5.88 Å². The molecule has 0 fully saturated rings. The Hall–Kier alpha value is -3.09. The van der Waals surface area contributed by atoms with E-state index in [9.17, 15) is 9.59 Å². The van der Waals surface area contributed by atoms with E-state index in [2.05, 4.69) is 16.3 Å². The van der Waals surface area contributed by atoms with Crippen LogP contribution in [-0.2, 0) is 19.1 Å². The summed E-state index contributed by atoms with van der Waals surface area (Å²) in [6.45, 7) is 3.72. The zero-order valence-corrected chi connectivity index (χ0v) is 13.0. The van der Waals surface area contributed by atoms with Crippen LogP contribution < -0.4 is 4.74 Å². The number of fused-ring (bicyclic) bond motifs is 1. The largest absolute Gasteiger partial charge is 0.481 e. The smallest absolute Gasteiger partial charge is 0.355 e. The summed E-state index contributed by atoms with van der Waals surface area (Å²) in [5, 5.41) is 0. The van der Waals surface area contributed by atoms with Crippen molar-refractivity contribution < 1.29 is 23.8 Å². The molecule has 0 saturated heterocycles. The second-order valence-electron chi connectivity index (χ2n) is 4.41. The third-order valence-electron chi connectivity index (χ3n) is 3.17. The van der Waals surface area contributed by atoms with Gasteiger partial charge in [-0.15, -0.1) is 0 Å². The van der Waals surface area contributed by atoms with Crippen molar-refractivity contribution in [2.45, 2.75) is 0 Å². The number of pyridine rings is 1. The molecule has 23 heavy (non-hydrogen) atoms. The van der Waals surface area contributed by atoms with Crippen molar-refractivity contribution in [1.82, 2.24) is 9.55 Å². The Kier molecular flexibility index (Phi) is 4.80. The van der Waals surface area contributed by atoms with Crippen LogP contribution in [-0.4, -0.2) is 42.8 Å². The van der Waals surface area contributed by atoms with E-state index < -0.39 is 11.9 Å². The van der Waals surface area contributed by atoms with E-state index in [-0.39, 0.29) is 5.70 Å². The van der Waals surface area contributed by atoms with Crippen molar-refractivity contribution in [3.8, 4) is 5.88 Å². The molecule has 2 heterocycles. The number of hydrogen-bond donors (Lipinski definition) is 0. The van der Waals surface area contributed by atoms with Crippen LogP contribution in [0.25, 0.3) is 22.8 Å². The maximum absolute atomic E-state index is 12.1. The Morgan fingerprint density at radius 2 is 1.96 bits per heavy atom. The number of aromatic nitrogens is 2. The normalized spacial score (nSPS) is 11.2. The quantitative estimate of drug-likeness (QED) is 0.619. The summed E-state index contributed by atoms with van der Waals surface area (Å²) in [7, 11) is 3.97. The first kappa shape index (κ1) is 16.3. The van der Waals surface area contributed by atoms with Crippen molar-refractivity contribution in [1.29, 1.82) is 0 Å². The molecule has 0 unspecified atom stereocenters. The number of esters is 2. The van der Waals surface area contributed by atoms with Crippen LogP contribution in [0.3, 0.4) is 0 Å². The van der Waals surface area contributed by atoms with E-state index in [0.29, 0.717) is 22.6 Å². The predicted octanol–water partition coefficient (Wildman–Crippen LogP) is 1.87. The van der Waals surface area contributed by atoms with Crippen molar-refractivity contribution >= 4 is 34.7 Å². The van der Waals surface area contributed by atoms with Gasteiger partial charge in [0.05, 0.1) is 38.4 Å². The second kappa shape index (κ2) is 6.78. The lowest BCUT2D eigenvalue weighted by molar-refractivity contribution is -0.137. The lowest BCUT2D eigenvalue weighted by Gasteiger charge is -2.11. The molecular weight excluding hydrogens is 300 g/mol. The standard InChI is InChI=1S/C16H16N2O5/c1-5-10-8-11-12(6-7-14(17-11)21-2)18(10)13(16(20)23-4)9-15(19)22-3/h5-9H,1H2,2-4H3/b13-9-. The average Bonchev–Trinajstić information content (AvgIpc) is 2.95. The van der Waals surface area contributed by atoms with Gasteiger partial charge in [-0.25, -0.2) is 14.6 Å². The average molecular weight is 316 g/mol. The van der Waals surface area contributed by atoms with Gasteiger partial charge in [0, 0.05) is 11.8 Å². The number of carbonyl (C=O) groups excluding carboxylic acids is 2. The third kappa shape index (κ3) is 3.08. The molecule has 0 aliphatic rings. The Bertz CT molecular complexity index is 804. The summed E-state index contributed by atoms with van der Waals surface area (Å²) in [5.41, 5.74) is 1.75. The lowest BCUT2D eigenvalue weighted by atomic mass is 10.3. The van der Waals surface area contributed by atoms with Crippen LogP contribution in [0.2, 0.25) is 0 Å². The molecule has 0 bridgehead atoms. The molecule has 0 radical (unpaired) electrons. The minimum absolute atomic E-state index is 0.00350. The highest BCUT2D eigenvalue weighted by Crippen LogP contribution is 2.26. The van der Waals surface area contributed by atoms with Gasteiger partial charge in [0.1, 0.15) is 5.70 Å². The van der Waals surface area contributed by atoms with Gasteiger partial charge in [-0.2, -0.15) is 0 Å². The molecule has 7 nitrogen and oxygen atoms in total. The minimum Gasteiger partial charge on any atom is -0.481 e. The molecule has 120 valence electrons. The van der Waals surface area contributed by atoms with E-state index >= 15 is 0 Å². The van der Waals surface area contributed by atoms with Gasteiger partial charge in [-0.3, -0.25) is 0 Å². The third-order valence-corrected chi connectivity index (χ3v) is 3.17. The first-order valence-corrected chi connectivity index (χ1v) is 6.63. The fourth-order valence-electron chi connectivity index (χ4n) is 2.11. The zero-order valence-electron chi connectivity index (χ0n) is 13.0. The predicted molar refractivity (Wildman–Crippen MR) is 84.7 cm³/mol. The van der Waals surface area contributed by atoms with E-state index in [1.54, 1.807) is 24.3 Å². The van der Waals surface area contributed by atoms with Gasteiger partial charge in [0.2, 0.25) is 5.88 Å². The van der Waals surface area contributed by atoms with E-state index in [4.69, 9.17) is 9.47 Å². The van der Waals surface area contributed by atoms with E-state index in [1.807, 2.05) is 0 Å². The van der Waals surface area contributed by atoms with Gasteiger partial charge in [-0.1, -0.05) is 6.58 Å². The Morgan fingerprint density at radius 3 is 2.52 bits per heavy atom. The number of nitrogens with zero attached hydrogens (tertiary/aromatic N) is 2. The number of carbonyl (C=O) groups is 2. The van der Waals surface area contributed by atoms with Crippen molar-refractivity contribution in [3.63, 3.8) is 0 Å². The van der Waals surface area contributed by atoms with Gasteiger partial charge >= 0.3 is 11.9 Å². The monoisotopic (exact) mass is 316 g/mol. The van der Waals surface area contributed by atoms with Crippen LogP contribution >= 0.6 is 0 Å². The summed E-state index contributed by atoms with van der Waals surface area (Å²) in [4.78, 5) is 28.0. The highest BCUT2D eigenvalue weighted by Gasteiger charge is 2.20. The number of methoxy groups -OCH3 is 3. The van der Waals surface area contributed by atoms with Crippen LogP contribution in [0, 0.1) is 0 Å². The van der Waals surface area contributed by atoms with Crippen molar-refractivity contribution in [2.75, 3.05) is 21.3 Å². The summed E-state index contributed by atoms with van der Waals surface area (Å²) < 4.78 is 16.0. The molecule has 0 saturated carbocycles. The van der Waals surface area contributed by atoms with Crippen molar-refractivity contribution in [3.05, 3.63) is 36.5 Å². The molecule has 0 atom stereocenters. The number of rotatable bonds is 5. The number of ether oxygens (including phenoxy) is 3.